The van der Waals surface area contributed by atoms with E-state index in [0.29, 0.717) is 23.0 Å². The Bertz CT molecular complexity index is 4050. The van der Waals surface area contributed by atoms with Crippen LogP contribution >= 0.6 is 0 Å². The second-order valence-electron chi connectivity index (χ2n) is 17.8. The molecular formula is C66H40N4. The Morgan fingerprint density at radius 1 is 0.257 bits per heavy atom. The van der Waals surface area contributed by atoms with Crippen molar-refractivity contribution in [2.24, 2.45) is 0 Å². The number of nitriles is 1. The molecule has 0 spiro atoms. The molecule has 0 atom stereocenters. The lowest BCUT2D eigenvalue weighted by Crippen LogP contribution is -2.00. The summed E-state index contributed by atoms with van der Waals surface area (Å²) in [5, 5.41) is 15.7. The number of nitrogens with zero attached hydrogens (tertiary/aromatic N) is 4. The SMILES string of the molecule is N#Cc1cc(-c2cccc(-c3cccc4c3-c3cccc5cccc-4c35)c2)ccc1-c1ccccc1-c1ccc(-c2nc(-c3ccccc3)nc(-c3ccc(-c4ccc5ccccc5c4)cc3)n2)cc1. The monoisotopic (exact) mass is 888 g/mol. The van der Waals surface area contributed by atoms with Gasteiger partial charge in [0.25, 0.3) is 0 Å². The third-order valence-corrected chi connectivity index (χ3v) is 13.7. The van der Waals surface area contributed by atoms with Crippen LogP contribution in [0.2, 0.25) is 0 Å². The molecule has 0 saturated heterocycles. The van der Waals surface area contributed by atoms with Gasteiger partial charge in [-0.25, -0.2) is 15.0 Å². The molecular weight excluding hydrogens is 849 g/mol. The summed E-state index contributed by atoms with van der Waals surface area (Å²) < 4.78 is 0. The second kappa shape index (κ2) is 16.9. The Morgan fingerprint density at radius 2 is 0.729 bits per heavy atom. The molecule has 4 nitrogen and oxygen atoms in total. The summed E-state index contributed by atoms with van der Waals surface area (Å²) in [6, 6.07) is 87.5. The van der Waals surface area contributed by atoms with Gasteiger partial charge in [-0.05, 0) is 112 Å². The van der Waals surface area contributed by atoms with E-state index >= 15 is 0 Å². The predicted molar refractivity (Wildman–Crippen MR) is 287 cm³/mol. The third kappa shape index (κ3) is 7.13. The molecule has 324 valence electrons. The number of rotatable bonds is 8. The van der Waals surface area contributed by atoms with Gasteiger partial charge in [0.05, 0.1) is 11.6 Å². The number of fused-ring (bicyclic) bond motifs is 4. The van der Waals surface area contributed by atoms with Crippen molar-refractivity contribution >= 4 is 21.5 Å². The van der Waals surface area contributed by atoms with E-state index in [0.717, 1.165) is 66.8 Å². The van der Waals surface area contributed by atoms with Crippen molar-refractivity contribution in [1.82, 2.24) is 15.0 Å². The zero-order valence-electron chi connectivity index (χ0n) is 37.9. The summed E-state index contributed by atoms with van der Waals surface area (Å²) >= 11 is 0. The molecule has 70 heavy (non-hydrogen) atoms. The Morgan fingerprint density at radius 3 is 1.47 bits per heavy atom. The zero-order chi connectivity index (χ0) is 46.5. The van der Waals surface area contributed by atoms with Gasteiger partial charge in [0, 0.05) is 22.3 Å². The summed E-state index contributed by atoms with van der Waals surface area (Å²) in [4.78, 5) is 15.1. The van der Waals surface area contributed by atoms with Crippen LogP contribution in [0.5, 0.6) is 0 Å². The lowest BCUT2D eigenvalue weighted by molar-refractivity contribution is 1.07. The van der Waals surface area contributed by atoms with E-state index in [1.807, 2.05) is 48.5 Å². The van der Waals surface area contributed by atoms with Crippen LogP contribution in [0.25, 0.3) is 134 Å². The van der Waals surface area contributed by atoms with Crippen LogP contribution in [-0.4, -0.2) is 15.0 Å². The minimum absolute atomic E-state index is 0.591. The standard InChI is InChI=1S/C66H40N4/c67-41-54-40-52(50-18-8-19-53(39-50)57-22-11-24-60-59-23-9-16-45-17-10-25-61(62(45)59)63(57)60)36-37-56(54)58-21-7-6-20-55(58)44-29-33-48(34-30-44)66-69-64(46-13-2-1-3-14-46)68-65(70-66)47-31-26-43(27-32-47)51-35-28-42-12-4-5-15-49(42)38-51/h1-40H. The van der Waals surface area contributed by atoms with Gasteiger partial charge >= 0.3 is 0 Å². The number of hydrogen-bond acceptors (Lipinski definition) is 4. The number of hydrogen-bond donors (Lipinski definition) is 0. The lowest BCUT2D eigenvalue weighted by Gasteiger charge is -2.14. The molecule has 4 heteroatoms. The van der Waals surface area contributed by atoms with Crippen LogP contribution in [0, 0.1) is 11.3 Å². The first-order valence-corrected chi connectivity index (χ1v) is 23.6. The molecule has 13 rings (SSSR count). The molecule has 0 unspecified atom stereocenters. The fourth-order valence-electron chi connectivity index (χ4n) is 10.3. The molecule has 0 N–H and O–H groups in total. The lowest BCUT2D eigenvalue weighted by atomic mass is 9.89. The van der Waals surface area contributed by atoms with Crippen molar-refractivity contribution in [2.45, 2.75) is 0 Å². The minimum Gasteiger partial charge on any atom is -0.208 e. The predicted octanol–water partition coefficient (Wildman–Crippen LogP) is 17.0. The highest BCUT2D eigenvalue weighted by Crippen LogP contribution is 2.51. The van der Waals surface area contributed by atoms with Crippen LogP contribution in [0.1, 0.15) is 5.56 Å². The van der Waals surface area contributed by atoms with Crippen molar-refractivity contribution in [3.8, 4) is 118 Å². The largest absolute Gasteiger partial charge is 0.208 e. The maximum absolute atomic E-state index is 10.7. The molecule has 0 radical (unpaired) electrons. The molecule has 1 aliphatic rings. The maximum Gasteiger partial charge on any atom is 0.164 e. The highest BCUT2D eigenvalue weighted by Gasteiger charge is 2.24. The van der Waals surface area contributed by atoms with Gasteiger partial charge in [-0.15, -0.1) is 0 Å². The topological polar surface area (TPSA) is 62.5 Å². The van der Waals surface area contributed by atoms with E-state index in [1.165, 1.54) is 49.4 Å². The normalized spacial score (nSPS) is 11.4. The summed E-state index contributed by atoms with van der Waals surface area (Å²) in [5.41, 5.74) is 19.0. The van der Waals surface area contributed by atoms with Crippen LogP contribution in [0.3, 0.4) is 0 Å². The van der Waals surface area contributed by atoms with Crippen LogP contribution < -0.4 is 0 Å². The van der Waals surface area contributed by atoms with Crippen molar-refractivity contribution < 1.29 is 0 Å². The van der Waals surface area contributed by atoms with Crippen LogP contribution in [-0.2, 0) is 0 Å². The quantitative estimate of drug-likeness (QED) is 0.152. The molecule has 12 aromatic rings. The molecule has 1 aliphatic carbocycles. The Balaban J connectivity index is 0.814. The number of benzene rings is 11. The Kier molecular flexibility index (Phi) is 9.85. The van der Waals surface area contributed by atoms with Crippen molar-refractivity contribution in [1.29, 1.82) is 5.26 Å². The fraction of sp³-hybridized carbons (Fsp3) is 0. The van der Waals surface area contributed by atoms with Crippen molar-refractivity contribution in [3.05, 3.63) is 248 Å². The van der Waals surface area contributed by atoms with Gasteiger partial charge in [0.2, 0.25) is 0 Å². The molecule has 1 aromatic heterocycles. The minimum atomic E-state index is 0.591. The van der Waals surface area contributed by atoms with Crippen molar-refractivity contribution in [3.63, 3.8) is 0 Å². The summed E-state index contributed by atoms with van der Waals surface area (Å²) in [5.74, 6) is 1.81. The first-order chi connectivity index (χ1) is 34.6. The Hall–Kier alpha value is -9.56. The van der Waals surface area contributed by atoms with E-state index in [1.54, 1.807) is 0 Å². The summed E-state index contributed by atoms with van der Waals surface area (Å²) in [6.45, 7) is 0. The van der Waals surface area contributed by atoms with Crippen molar-refractivity contribution in [2.75, 3.05) is 0 Å². The average molecular weight is 889 g/mol. The molecule has 0 bridgehead atoms. The highest BCUT2D eigenvalue weighted by atomic mass is 15.0. The second-order valence-corrected chi connectivity index (χ2v) is 17.8. The van der Waals surface area contributed by atoms with Gasteiger partial charge in [-0.3, -0.25) is 0 Å². The maximum atomic E-state index is 10.7. The first kappa shape index (κ1) is 40.7. The number of aromatic nitrogens is 3. The fourth-order valence-corrected chi connectivity index (χ4v) is 10.3. The van der Waals surface area contributed by atoms with Gasteiger partial charge in [0.15, 0.2) is 17.5 Å². The highest BCUT2D eigenvalue weighted by molar-refractivity contribution is 6.18. The molecule has 11 aromatic carbocycles. The molecule has 0 amide bonds. The van der Waals surface area contributed by atoms with E-state index in [9.17, 15) is 5.26 Å². The summed E-state index contributed by atoms with van der Waals surface area (Å²) in [7, 11) is 0. The third-order valence-electron chi connectivity index (χ3n) is 13.7. The summed E-state index contributed by atoms with van der Waals surface area (Å²) in [6.07, 6.45) is 0. The van der Waals surface area contributed by atoms with E-state index < -0.39 is 0 Å². The Labute approximate surface area is 406 Å². The molecule has 0 aliphatic heterocycles. The van der Waals surface area contributed by atoms with E-state index in [-0.39, 0.29) is 0 Å². The molecule has 0 saturated carbocycles. The van der Waals surface area contributed by atoms with E-state index in [4.69, 9.17) is 15.0 Å². The molecule has 0 fully saturated rings. The average Bonchev–Trinajstić information content (AvgIpc) is 3.78. The van der Waals surface area contributed by atoms with Crippen LogP contribution in [0.15, 0.2) is 243 Å². The first-order valence-electron chi connectivity index (χ1n) is 23.6. The molecule has 1 heterocycles. The van der Waals surface area contributed by atoms with Gasteiger partial charge in [0.1, 0.15) is 0 Å². The van der Waals surface area contributed by atoms with Gasteiger partial charge in [-0.2, -0.15) is 5.26 Å². The van der Waals surface area contributed by atoms with Gasteiger partial charge in [-0.1, -0.05) is 224 Å². The van der Waals surface area contributed by atoms with E-state index in [2.05, 4.69) is 200 Å². The zero-order valence-corrected chi connectivity index (χ0v) is 37.9. The van der Waals surface area contributed by atoms with Gasteiger partial charge < -0.3 is 0 Å². The van der Waals surface area contributed by atoms with Crippen LogP contribution in [0.4, 0.5) is 0 Å². The smallest absolute Gasteiger partial charge is 0.164 e.